The van der Waals surface area contributed by atoms with E-state index >= 15 is 0 Å². The Kier molecular flexibility index (Phi) is 6.12. The molecular formula is C25H24N2O2S. The molecule has 2 aromatic heterocycles. The first-order valence-electron chi connectivity index (χ1n) is 9.95. The SMILES string of the molecule is C=Cc1ccc(Cn2c(C(=O)O)c(CNCCc3cccs3)c3ccccc32)cc1. The summed E-state index contributed by atoms with van der Waals surface area (Å²) >= 11 is 1.74. The summed E-state index contributed by atoms with van der Waals surface area (Å²) in [5.74, 6) is -0.899. The molecule has 0 spiro atoms. The molecule has 4 nitrogen and oxygen atoms in total. The summed E-state index contributed by atoms with van der Waals surface area (Å²) in [4.78, 5) is 13.6. The molecule has 0 radical (unpaired) electrons. The maximum Gasteiger partial charge on any atom is 0.352 e. The lowest BCUT2D eigenvalue weighted by Gasteiger charge is -2.10. The van der Waals surface area contributed by atoms with Crippen molar-refractivity contribution in [1.82, 2.24) is 9.88 Å². The van der Waals surface area contributed by atoms with Crippen LogP contribution in [0.2, 0.25) is 0 Å². The standard InChI is InChI=1S/C25H24N2O2S/c1-2-18-9-11-19(12-10-18)17-27-23-8-4-3-7-21(23)22(24(27)25(28)29)16-26-14-13-20-6-5-15-30-20/h2-12,15,26H,1,13-14,16-17H2,(H,28,29). The number of carboxylic acid groups (broad SMARTS) is 1. The van der Waals surface area contributed by atoms with Gasteiger partial charge in [0.15, 0.2) is 0 Å². The summed E-state index contributed by atoms with van der Waals surface area (Å²) in [5.41, 5.74) is 4.24. The molecule has 0 aliphatic heterocycles. The van der Waals surface area contributed by atoms with E-state index in [0.29, 0.717) is 18.8 Å². The van der Waals surface area contributed by atoms with Crippen molar-refractivity contribution in [2.45, 2.75) is 19.5 Å². The number of benzene rings is 2. The van der Waals surface area contributed by atoms with Gasteiger partial charge in [-0.25, -0.2) is 4.79 Å². The molecule has 0 aliphatic carbocycles. The van der Waals surface area contributed by atoms with E-state index < -0.39 is 5.97 Å². The fourth-order valence-corrected chi connectivity index (χ4v) is 4.49. The normalized spacial score (nSPS) is 11.1. The Morgan fingerprint density at radius 3 is 2.60 bits per heavy atom. The van der Waals surface area contributed by atoms with Crippen LogP contribution >= 0.6 is 11.3 Å². The van der Waals surface area contributed by atoms with Crippen molar-refractivity contribution in [2.75, 3.05) is 6.54 Å². The van der Waals surface area contributed by atoms with Crippen LogP contribution in [0, 0.1) is 0 Å². The molecule has 152 valence electrons. The molecule has 0 atom stereocenters. The maximum atomic E-state index is 12.3. The minimum absolute atomic E-state index is 0.354. The van der Waals surface area contributed by atoms with Crippen LogP contribution in [0.3, 0.4) is 0 Å². The number of carboxylic acids is 1. The highest BCUT2D eigenvalue weighted by molar-refractivity contribution is 7.09. The van der Waals surface area contributed by atoms with Crippen molar-refractivity contribution >= 4 is 34.3 Å². The van der Waals surface area contributed by atoms with Crippen molar-refractivity contribution < 1.29 is 9.90 Å². The summed E-state index contributed by atoms with van der Waals surface area (Å²) in [6.45, 7) is 5.63. The average molecular weight is 417 g/mol. The quantitative estimate of drug-likeness (QED) is 0.358. The first kappa shape index (κ1) is 20.1. The van der Waals surface area contributed by atoms with E-state index in [0.717, 1.165) is 40.6 Å². The van der Waals surface area contributed by atoms with Crippen LogP contribution in [0.25, 0.3) is 17.0 Å². The number of aromatic carboxylic acids is 1. The first-order chi connectivity index (χ1) is 14.7. The van der Waals surface area contributed by atoms with Crippen LogP contribution in [0.5, 0.6) is 0 Å². The number of fused-ring (bicyclic) bond motifs is 1. The number of nitrogens with one attached hydrogen (secondary N) is 1. The number of carbonyl (C=O) groups is 1. The van der Waals surface area contributed by atoms with Gasteiger partial charge in [-0.15, -0.1) is 11.3 Å². The second-order valence-electron chi connectivity index (χ2n) is 7.19. The molecule has 4 aromatic rings. The van der Waals surface area contributed by atoms with Gasteiger partial charge in [0.2, 0.25) is 0 Å². The van der Waals surface area contributed by atoms with Gasteiger partial charge in [0.1, 0.15) is 5.69 Å². The molecule has 4 rings (SSSR count). The predicted octanol–water partition coefficient (Wildman–Crippen LogP) is 5.42. The van der Waals surface area contributed by atoms with Gasteiger partial charge in [-0.3, -0.25) is 0 Å². The fourth-order valence-electron chi connectivity index (χ4n) is 3.78. The van der Waals surface area contributed by atoms with Gasteiger partial charge < -0.3 is 15.0 Å². The van der Waals surface area contributed by atoms with Crippen molar-refractivity contribution in [1.29, 1.82) is 0 Å². The fraction of sp³-hybridized carbons (Fsp3) is 0.160. The predicted molar refractivity (Wildman–Crippen MR) is 124 cm³/mol. The van der Waals surface area contributed by atoms with Crippen LogP contribution in [0.4, 0.5) is 0 Å². The Morgan fingerprint density at radius 1 is 1.10 bits per heavy atom. The molecule has 2 N–H and O–H groups in total. The van der Waals surface area contributed by atoms with Crippen LogP contribution < -0.4 is 5.32 Å². The summed E-state index contributed by atoms with van der Waals surface area (Å²) < 4.78 is 1.91. The molecule has 0 amide bonds. The highest BCUT2D eigenvalue weighted by Gasteiger charge is 2.22. The minimum atomic E-state index is -0.899. The number of para-hydroxylation sites is 1. The number of nitrogens with zero attached hydrogens (tertiary/aromatic N) is 1. The van der Waals surface area contributed by atoms with Crippen LogP contribution in [-0.4, -0.2) is 22.2 Å². The average Bonchev–Trinajstić information content (AvgIpc) is 3.38. The zero-order valence-electron chi connectivity index (χ0n) is 16.7. The lowest BCUT2D eigenvalue weighted by atomic mass is 10.1. The third kappa shape index (κ3) is 4.22. The molecule has 0 bridgehead atoms. The molecule has 0 fully saturated rings. The third-order valence-corrected chi connectivity index (χ3v) is 6.20. The molecular weight excluding hydrogens is 392 g/mol. The Morgan fingerprint density at radius 2 is 1.90 bits per heavy atom. The van der Waals surface area contributed by atoms with E-state index in [1.807, 2.05) is 53.1 Å². The summed E-state index contributed by atoms with van der Waals surface area (Å²) in [6.07, 6.45) is 2.74. The van der Waals surface area contributed by atoms with Gasteiger partial charge in [0.05, 0.1) is 0 Å². The Bertz CT molecular complexity index is 1160. The molecule has 0 saturated heterocycles. The number of hydrogen-bond donors (Lipinski definition) is 2. The van der Waals surface area contributed by atoms with Gasteiger partial charge in [-0.2, -0.15) is 0 Å². The van der Waals surface area contributed by atoms with Crippen LogP contribution in [0.1, 0.15) is 32.1 Å². The number of thiophene rings is 1. The molecule has 0 unspecified atom stereocenters. The molecule has 30 heavy (non-hydrogen) atoms. The van der Waals surface area contributed by atoms with Crippen LogP contribution in [0.15, 0.2) is 72.6 Å². The topological polar surface area (TPSA) is 54.3 Å². The molecule has 0 aliphatic rings. The van der Waals surface area contributed by atoms with Crippen LogP contribution in [-0.2, 0) is 19.5 Å². The van der Waals surface area contributed by atoms with E-state index in [9.17, 15) is 9.90 Å². The maximum absolute atomic E-state index is 12.3. The van der Waals surface area contributed by atoms with Gasteiger partial charge in [-0.05, 0) is 35.1 Å². The largest absolute Gasteiger partial charge is 0.477 e. The second kappa shape index (κ2) is 9.11. The monoisotopic (exact) mass is 416 g/mol. The first-order valence-corrected chi connectivity index (χ1v) is 10.8. The number of rotatable bonds is 9. The summed E-state index contributed by atoms with van der Waals surface area (Å²) in [6, 6.07) is 20.2. The Labute approximate surface area is 180 Å². The zero-order chi connectivity index (χ0) is 20.9. The van der Waals surface area contributed by atoms with E-state index in [4.69, 9.17) is 0 Å². The van der Waals surface area contributed by atoms with E-state index in [-0.39, 0.29) is 0 Å². The third-order valence-electron chi connectivity index (χ3n) is 5.26. The molecule has 5 heteroatoms. The minimum Gasteiger partial charge on any atom is -0.477 e. The Balaban J connectivity index is 1.64. The molecule has 0 saturated carbocycles. The van der Waals surface area contributed by atoms with Gasteiger partial charge >= 0.3 is 5.97 Å². The lowest BCUT2D eigenvalue weighted by molar-refractivity contribution is 0.0685. The van der Waals surface area contributed by atoms with Gasteiger partial charge in [0, 0.05) is 41.0 Å². The van der Waals surface area contributed by atoms with Crippen molar-refractivity contribution in [3.8, 4) is 0 Å². The molecule has 2 heterocycles. The Hall–Kier alpha value is -3.15. The highest BCUT2D eigenvalue weighted by atomic mass is 32.1. The smallest absolute Gasteiger partial charge is 0.352 e. The van der Waals surface area contributed by atoms with Gasteiger partial charge in [-0.1, -0.05) is 61.2 Å². The summed E-state index contributed by atoms with van der Waals surface area (Å²) in [5, 5.41) is 16.6. The summed E-state index contributed by atoms with van der Waals surface area (Å²) in [7, 11) is 0. The van der Waals surface area contributed by atoms with E-state index in [1.54, 1.807) is 17.4 Å². The lowest BCUT2D eigenvalue weighted by Crippen LogP contribution is -2.19. The van der Waals surface area contributed by atoms with E-state index in [2.05, 4.69) is 29.4 Å². The van der Waals surface area contributed by atoms with Crippen molar-refractivity contribution in [2.24, 2.45) is 0 Å². The number of aromatic nitrogens is 1. The van der Waals surface area contributed by atoms with Crippen molar-refractivity contribution in [3.05, 3.63) is 99.9 Å². The number of hydrogen-bond acceptors (Lipinski definition) is 3. The van der Waals surface area contributed by atoms with Crippen molar-refractivity contribution in [3.63, 3.8) is 0 Å². The van der Waals surface area contributed by atoms with E-state index in [1.165, 1.54) is 4.88 Å². The van der Waals surface area contributed by atoms with Gasteiger partial charge in [0.25, 0.3) is 0 Å². The highest BCUT2D eigenvalue weighted by Crippen LogP contribution is 2.28. The zero-order valence-corrected chi connectivity index (χ0v) is 17.5. The molecule has 2 aromatic carbocycles. The second-order valence-corrected chi connectivity index (χ2v) is 8.22.